The summed E-state index contributed by atoms with van der Waals surface area (Å²) in [7, 11) is 2.00. The van der Waals surface area contributed by atoms with E-state index in [4.69, 9.17) is 4.74 Å². The van der Waals surface area contributed by atoms with Gasteiger partial charge in [0.15, 0.2) is 0 Å². The summed E-state index contributed by atoms with van der Waals surface area (Å²) in [6.45, 7) is 3.80. The van der Waals surface area contributed by atoms with Crippen molar-refractivity contribution >= 4 is 17.3 Å². The Labute approximate surface area is 118 Å². The largest absolute Gasteiger partial charge is 0.481 e. The Kier molecular flexibility index (Phi) is 4.60. The number of ether oxygens (including phenoxy) is 1. The van der Waals surface area contributed by atoms with E-state index < -0.39 is 11.4 Å². The molecule has 0 spiro atoms. The summed E-state index contributed by atoms with van der Waals surface area (Å²) in [5.74, 6) is -0.693. The fourth-order valence-corrected chi connectivity index (χ4v) is 3.41. The molecule has 0 bridgehead atoms. The summed E-state index contributed by atoms with van der Waals surface area (Å²) in [6, 6.07) is 4.38. The number of rotatable bonds is 5. The van der Waals surface area contributed by atoms with E-state index in [1.165, 1.54) is 4.88 Å². The number of hydrogen-bond donors (Lipinski definition) is 1. The van der Waals surface area contributed by atoms with Gasteiger partial charge in [-0.25, -0.2) is 0 Å². The molecule has 0 radical (unpaired) electrons. The first-order chi connectivity index (χ1) is 9.05. The summed E-state index contributed by atoms with van der Waals surface area (Å²) >= 11 is 1.71. The van der Waals surface area contributed by atoms with Crippen LogP contribution in [-0.4, -0.2) is 42.8 Å². The first-order valence-corrected chi connectivity index (χ1v) is 7.48. The highest BCUT2D eigenvalue weighted by molar-refractivity contribution is 7.10. The van der Waals surface area contributed by atoms with Crippen molar-refractivity contribution in [2.24, 2.45) is 5.41 Å². The summed E-state index contributed by atoms with van der Waals surface area (Å²) in [6.07, 6.45) is 1.20. The topological polar surface area (TPSA) is 49.8 Å². The third kappa shape index (κ3) is 3.16. The fourth-order valence-electron chi connectivity index (χ4n) is 2.56. The van der Waals surface area contributed by atoms with Crippen LogP contribution in [0.5, 0.6) is 0 Å². The lowest BCUT2D eigenvalue weighted by Gasteiger charge is -2.38. The molecule has 0 aromatic carbocycles. The van der Waals surface area contributed by atoms with E-state index in [9.17, 15) is 9.90 Å². The quantitative estimate of drug-likeness (QED) is 0.902. The minimum absolute atomic E-state index is 0.249. The summed E-state index contributed by atoms with van der Waals surface area (Å²) in [5.41, 5.74) is -0.654. The molecule has 2 rings (SSSR count). The first-order valence-electron chi connectivity index (χ1n) is 6.60. The molecule has 1 fully saturated rings. The average Bonchev–Trinajstić information content (AvgIpc) is 2.92. The second-order valence-corrected chi connectivity index (χ2v) is 6.28. The van der Waals surface area contributed by atoms with Crippen LogP contribution in [0.3, 0.4) is 0 Å². The molecule has 106 valence electrons. The second-order valence-electron chi connectivity index (χ2n) is 5.30. The predicted octanol–water partition coefficient (Wildman–Crippen LogP) is 2.62. The molecule has 4 nitrogen and oxygen atoms in total. The van der Waals surface area contributed by atoms with Crippen molar-refractivity contribution in [3.8, 4) is 0 Å². The number of thiophene rings is 1. The van der Waals surface area contributed by atoms with Crippen LogP contribution in [0.1, 0.15) is 30.7 Å². The van der Waals surface area contributed by atoms with Gasteiger partial charge in [0.05, 0.1) is 5.41 Å². The van der Waals surface area contributed by atoms with Gasteiger partial charge < -0.3 is 9.84 Å². The zero-order valence-electron chi connectivity index (χ0n) is 11.5. The van der Waals surface area contributed by atoms with Crippen LogP contribution in [0.2, 0.25) is 0 Å². The second kappa shape index (κ2) is 6.03. The normalized spacial score (nSPS) is 20.4. The van der Waals surface area contributed by atoms with Gasteiger partial charge in [-0.1, -0.05) is 6.07 Å². The highest BCUT2D eigenvalue weighted by Gasteiger charge is 2.41. The number of carbonyl (C=O) groups is 1. The van der Waals surface area contributed by atoms with Crippen molar-refractivity contribution in [1.29, 1.82) is 0 Å². The molecule has 1 N–H and O–H groups in total. The number of carboxylic acid groups (broad SMARTS) is 1. The summed E-state index contributed by atoms with van der Waals surface area (Å²) in [4.78, 5) is 15.1. The van der Waals surface area contributed by atoms with E-state index in [2.05, 4.69) is 23.3 Å². The lowest BCUT2D eigenvalue weighted by Crippen LogP contribution is -2.46. The Morgan fingerprint density at radius 1 is 1.58 bits per heavy atom. The highest BCUT2D eigenvalue weighted by Crippen LogP contribution is 2.34. The zero-order valence-corrected chi connectivity index (χ0v) is 12.3. The molecule has 1 unspecified atom stereocenters. The van der Waals surface area contributed by atoms with E-state index in [0.717, 1.165) is 0 Å². The maximum atomic E-state index is 11.6. The molecule has 1 aliphatic rings. The van der Waals surface area contributed by atoms with Crippen LogP contribution in [0, 0.1) is 5.41 Å². The van der Waals surface area contributed by atoms with Gasteiger partial charge >= 0.3 is 5.97 Å². The smallest absolute Gasteiger partial charge is 0.311 e. The van der Waals surface area contributed by atoms with E-state index in [0.29, 0.717) is 32.6 Å². The molecule has 1 atom stereocenters. The minimum atomic E-state index is -0.693. The summed E-state index contributed by atoms with van der Waals surface area (Å²) < 4.78 is 5.31. The van der Waals surface area contributed by atoms with E-state index >= 15 is 0 Å². The van der Waals surface area contributed by atoms with Gasteiger partial charge in [0, 0.05) is 30.7 Å². The van der Waals surface area contributed by atoms with Crippen molar-refractivity contribution in [2.75, 3.05) is 26.8 Å². The number of aliphatic carboxylic acids is 1. The molecule has 1 aliphatic heterocycles. The van der Waals surface area contributed by atoms with Crippen LogP contribution in [-0.2, 0) is 9.53 Å². The van der Waals surface area contributed by atoms with Crippen molar-refractivity contribution < 1.29 is 14.6 Å². The van der Waals surface area contributed by atoms with Gasteiger partial charge in [-0.05, 0) is 38.3 Å². The maximum absolute atomic E-state index is 11.6. The molecule has 0 aliphatic carbocycles. The van der Waals surface area contributed by atoms with Gasteiger partial charge in [0.2, 0.25) is 0 Å². The Morgan fingerprint density at radius 3 is 2.79 bits per heavy atom. The Bertz CT molecular complexity index is 412. The van der Waals surface area contributed by atoms with Crippen molar-refractivity contribution in [3.05, 3.63) is 22.4 Å². The monoisotopic (exact) mass is 283 g/mol. The van der Waals surface area contributed by atoms with Crippen molar-refractivity contribution in [3.63, 3.8) is 0 Å². The SMILES string of the molecule is CC(c1cccs1)N(C)CC1(C(=O)O)CCOCC1. The predicted molar refractivity (Wildman–Crippen MR) is 75.5 cm³/mol. The van der Waals surface area contributed by atoms with Crippen LogP contribution < -0.4 is 0 Å². The number of hydrogen-bond acceptors (Lipinski definition) is 4. The molecule has 1 saturated heterocycles. The molecule has 1 aromatic heterocycles. The number of carboxylic acids is 1. The van der Waals surface area contributed by atoms with Crippen LogP contribution in [0.15, 0.2) is 17.5 Å². The number of nitrogens with zero attached hydrogens (tertiary/aromatic N) is 1. The fraction of sp³-hybridized carbons (Fsp3) is 0.643. The maximum Gasteiger partial charge on any atom is 0.311 e. The molecule has 0 amide bonds. The van der Waals surface area contributed by atoms with Gasteiger partial charge in [0.1, 0.15) is 0 Å². The average molecular weight is 283 g/mol. The first kappa shape index (κ1) is 14.5. The van der Waals surface area contributed by atoms with Gasteiger partial charge in [-0.3, -0.25) is 9.69 Å². The van der Waals surface area contributed by atoms with Gasteiger partial charge in [-0.2, -0.15) is 0 Å². The van der Waals surface area contributed by atoms with Crippen molar-refractivity contribution in [2.45, 2.75) is 25.8 Å². The standard InChI is InChI=1S/C14H21NO3S/c1-11(12-4-3-9-19-12)15(2)10-14(13(16)17)5-7-18-8-6-14/h3-4,9,11H,5-8,10H2,1-2H3,(H,16,17). The molecule has 0 saturated carbocycles. The minimum Gasteiger partial charge on any atom is -0.481 e. The molecule has 19 heavy (non-hydrogen) atoms. The van der Waals surface area contributed by atoms with Gasteiger partial charge in [0.25, 0.3) is 0 Å². The van der Waals surface area contributed by atoms with Crippen molar-refractivity contribution in [1.82, 2.24) is 4.90 Å². The lowest BCUT2D eigenvalue weighted by molar-refractivity contribution is -0.156. The Balaban J connectivity index is 2.06. The molecular weight excluding hydrogens is 262 g/mol. The van der Waals surface area contributed by atoms with Crippen LogP contribution >= 0.6 is 11.3 Å². The Morgan fingerprint density at radius 2 is 2.26 bits per heavy atom. The third-order valence-electron chi connectivity index (χ3n) is 4.07. The van der Waals surface area contributed by atoms with Crippen LogP contribution in [0.25, 0.3) is 0 Å². The molecule has 1 aromatic rings. The summed E-state index contributed by atoms with van der Waals surface area (Å²) in [5, 5.41) is 11.6. The van der Waals surface area contributed by atoms with Gasteiger partial charge in [-0.15, -0.1) is 11.3 Å². The van der Waals surface area contributed by atoms with E-state index in [1.54, 1.807) is 11.3 Å². The molecule has 2 heterocycles. The third-order valence-corrected chi connectivity index (χ3v) is 5.11. The lowest BCUT2D eigenvalue weighted by atomic mass is 9.79. The van der Waals surface area contributed by atoms with E-state index in [-0.39, 0.29) is 6.04 Å². The Hall–Kier alpha value is -0.910. The zero-order chi connectivity index (χ0) is 13.9. The van der Waals surface area contributed by atoms with Crippen LogP contribution in [0.4, 0.5) is 0 Å². The van der Waals surface area contributed by atoms with E-state index in [1.807, 2.05) is 13.1 Å². The molecular formula is C14H21NO3S. The highest BCUT2D eigenvalue weighted by atomic mass is 32.1. The molecule has 5 heteroatoms.